The number of pyridine rings is 1. The number of sulfone groups is 1. The van der Waals surface area contributed by atoms with Gasteiger partial charge in [-0.1, -0.05) is 29.8 Å². The molecule has 2 aromatic rings. The lowest BCUT2D eigenvalue weighted by Crippen LogP contribution is -2.16. The first-order valence-corrected chi connectivity index (χ1v) is 7.74. The fourth-order valence-electron chi connectivity index (χ4n) is 1.54. The van der Waals surface area contributed by atoms with Gasteiger partial charge in [0.2, 0.25) is 0 Å². The lowest BCUT2D eigenvalue weighted by Gasteiger charge is -2.06. The van der Waals surface area contributed by atoms with Gasteiger partial charge < -0.3 is 5.32 Å². The summed E-state index contributed by atoms with van der Waals surface area (Å²) in [6, 6.07) is 11.8. The molecule has 1 aromatic carbocycles. The summed E-state index contributed by atoms with van der Waals surface area (Å²) in [4.78, 5) is 4.37. The molecule has 0 aliphatic heterocycles. The summed E-state index contributed by atoms with van der Waals surface area (Å²) in [6.07, 6.45) is 1.51. The van der Waals surface area contributed by atoms with E-state index in [1.807, 2.05) is 0 Å². The van der Waals surface area contributed by atoms with Crippen LogP contribution in [-0.2, 0) is 9.84 Å². The molecule has 0 spiro atoms. The molecule has 4 nitrogen and oxygen atoms in total. The largest absolute Gasteiger partial charge is 0.369 e. The van der Waals surface area contributed by atoms with Crippen molar-refractivity contribution in [2.24, 2.45) is 0 Å². The number of rotatable bonds is 5. The summed E-state index contributed by atoms with van der Waals surface area (Å²) in [7, 11) is -3.25. The molecule has 0 saturated carbocycles. The highest BCUT2D eigenvalue weighted by Crippen LogP contribution is 2.11. The summed E-state index contributed by atoms with van der Waals surface area (Å²) in [5.74, 6) is 0.620. The van der Waals surface area contributed by atoms with E-state index < -0.39 is 9.84 Å². The Hall–Kier alpha value is -1.59. The molecular weight excluding hydrogens is 284 g/mol. The van der Waals surface area contributed by atoms with Crippen LogP contribution in [0.3, 0.4) is 0 Å². The first-order valence-electron chi connectivity index (χ1n) is 5.71. The molecule has 1 aromatic heterocycles. The average molecular weight is 297 g/mol. The monoisotopic (exact) mass is 296 g/mol. The van der Waals surface area contributed by atoms with Crippen molar-refractivity contribution < 1.29 is 8.42 Å². The summed E-state index contributed by atoms with van der Waals surface area (Å²) in [5.41, 5.74) is 0. The molecule has 0 bridgehead atoms. The van der Waals surface area contributed by atoms with Gasteiger partial charge in [-0.15, -0.1) is 0 Å². The smallest absolute Gasteiger partial charge is 0.180 e. The maximum absolute atomic E-state index is 12.0. The van der Waals surface area contributed by atoms with Gasteiger partial charge >= 0.3 is 0 Å². The van der Waals surface area contributed by atoms with Crippen molar-refractivity contribution in [2.45, 2.75) is 4.90 Å². The lowest BCUT2D eigenvalue weighted by molar-refractivity contribution is 0.596. The van der Waals surface area contributed by atoms with Gasteiger partial charge in [0.1, 0.15) is 5.82 Å². The Bertz CT molecular complexity index is 627. The Morgan fingerprint density at radius 1 is 1.11 bits per heavy atom. The van der Waals surface area contributed by atoms with Crippen LogP contribution in [0.15, 0.2) is 53.6 Å². The SMILES string of the molecule is O=S(=O)(CCNc1ccc(Cl)cn1)c1ccccc1. The van der Waals surface area contributed by atoms with E-state index in [4.69, 9.17) is 11.6 Å². The van der Waals surface area contributed by atoms with Crippen LogP contribution < -0.4 is 5.32 Å². The van der Waals surface area contributed by atoms with Crippen molar-refractivity contribution in [1.29, 1.82) is 0 Å². The second kappa shape index (κ2) is 6.04. The highest BCUT2D eigenvalue weighted by atomic mass is 35.5. The van der Waals surface area contributed by atoms with Gasteiger partial charge in [-0.2, -0.15) is 0 Å². The van der Waals surface area contributed by atoms with E-state index >= 15 is 0 Å². The number of nitrogens with one attached hydrogen (secondary N) is 1. The maximum Gasteiger partial charge on any atom is 0.180 e. The number of hydrogen-bond acceptors (Lipinski definition) is 4. The Labute approximate surface area is 117 Å². The number of nitrogens with zero attached hydrogens (tertiary/aromatic N) is 1. The van der Waals surface area contributed by atoms with Gasteiger partial charge in [-0.25, -0.2) is 13.4 Å². The van der Waals surface area contributed by atoms with E-state index in [9.17, 15) is 8.42 Å². The minimum atomic E-state index is -3.25. The molecule has 1 N–H and O–H groups in total. The molecule has 0 radical (unpaired) electrons. The zero-order valence-electron chi connectivity index (χ0n) is 10.1. The zero-order chi connectivity index (χ0) is 13.7. The van der Waals surface area contributed by atoms with Gasteiger partial charge in [0.05, 0.1) is 15.7 Å². The van der Waals surface area contributed by atoms with Crippen LogP contribution in [0, 0.1) is 0 Å². The summed E-state index contributed by atoms with van der Waals surface area (Å²) >= 11 is 5.71. The second-order valence-electron chi connectivity index (χ2n) is 3.92. The molecule has 0 fully saturated rings. The number of benzene rings is 1. The van der Waals surface area contributed by atoms with Crippen molar-refractivity contribution in [3.8, 4) is 0 Å². The normalized spacial score (nSPS) is 11.2. The molecule has 0 aliphatic rings. The minimum absolute atomic E-state index is 0.0152. The van der Waals surface area contributed by atoms with Crippen molar-refractivity contribution in [3.05, 3.63) is 53.7 Å². The van der Waals surface area contributed by atoms with Gasteiger partial charge in [0.15, 0.2) is 9.84 Å². The van der Waals surface area contributed by atoms with Crippen LogP contribution in [0.2, 0.25) is 5.02 Å². The van der Waals surface area contributed by atoms with E-state index in [1.165, 1.54) is 6.20 Å². The number of aromatic nitrogens is 1. The van der Waals surface area contributed by atoms with E-state index in [2.05, 4.69) is 10.3 Å². The maximum atomic E-state index is 12.0. The Kier molecular flexibility index (Phi) is 4.39. The quantitative estimate of drug-likeness (QED) is 0.921. The number of hydrogen-bond donors (Lipinski definition) is 1. The van der Waals surface area contributed by atoms with Crippen LogP contribution in [-0.4, -0.2) is 25.7 Å². The van der Waals surface area contributed by atoms with Crippen molar-refractivity contribution in [3.63, 3.8) is 0 Å². The summed E-state index contributed by atoms with van der Waals surface area (Å²) in [6.45, 7) is 0.297. The molecule has 100 valence electrons. The van der Waals surface area contributed by atoms with E-state index in [0.717, 1.165) is 0 Å². The predicted octanol–water partition coefficient (Wildman–Crippen LogP) is 2.62. The second-order valence-corrected chi connectivity index (χ2v) is 6.47. The third-order valence-corrected chi connectivity index (χ3v) is 4.46. The van der Waals surface area contributed by atoms with Crippen LogP contribution in [0.25, 0.3) is 0 Å². The number of anilines is 1. The van der Waals surface area contributed by atoms with Gasteiger partial charge in [-0.05, 0) is 24.3 Å². The third kappa shape index (κ3) is 3.94. The lowest BCUT2D eigenvalue weighted by atomic mass is 10.4. The van der Waals surface area contributed by atoms with Crippen LogP contribution in [0.1, 0.15) is 0 Å². The first-order chi connectivity index (χ1) is 9.08. The molecule has 0 unspecified atom stereocenters. The summed E-state index contributed by atoms with van der Waals surface area (Å²) in [5, 5.41) is 3.49. The third-order valence-electron chi connectivity index (χ3n) is 2.51. The molecule has 1 heterocycles. The Morgan fingerprint density at radius 3 is 2.47 bits per heavy atom. The van der Waals surface area contributed by atoms with Gasteiger partial charge in [0.25, 0.3) is 0 Å². The fraction of sp³-hybridized carbons (Fsp3) is 0.154. The molecular formula is C13H13ClN2O2S. The highest BCUT2D eigenvalue weighted by molar-refractivity contribution is 7.91. The predicted molar refractivity (Wildman–Crippen MR) is 76.2 cm³/mol. The van der Waals surface area contributed by atoms with Crippen LogP contribution >= 0.6 is 11.6 Å². The average Bonchev–Trinajstić information content (AvgIpc) is 2.42. The van der Waals surface area contributed by atoms with Gasteiger partial charge in [-0.3, -0.25) is 0 Å². The fourth-order valence-corrected chi connectivity index (χ4v) is 2.83. The van der Waals surface area contributed by atoms with Crippen LogP contribution in [0.4, 0.5) is 5.82 Å². The summed E-state index contributed by atoms with van der Waals surface area (Å²) < 4.78 is 24.0. The molecule has 2 rings (SSSR count). The Balaban J connectivity index is 1.94. The zero-order valence-corrected chi connectivity index (χ0v) is 11.7. The molecule has 0 aliphatic carbocycles. The minimum Gasteiger partial charge on any atom is -0.369 e. The Morgan fingerprint density at radius 2 is 1.84 bits per heavy atom. The highest BCUT2D eigenvalue weighted by Gasteiger charge is 2.12. The van der Waals surface area contributed by atoms with Crippen molar-refractivity contribution >= 4 is 27.3 Å². The standard InChI is InChI=1S/C13H13ClN2O2S/c14-11-6-7-13(16-10-11)15-8-9-19(17,18)12-4-2-1-3-5-12/h1-7,10H,8-9H2,(H,15,16). The molecule has 19 heavy (non-hydrogen) atoms. The first kappa shape index (κ1) is 13.8. The van der Waals surface area contributed by atoms with Crippen molar-refractivity contribution in [1.82, 2.24) is 4.98 Å². The topological polar surface area (TPSA) is 59.1 Å². The van der Waals surface area contributed by atoms with E-state index in [0.29, 0.717) is 22.3 Å². The van der Waals surface area contributed by atoms with Crippen LogP contribution in [0.5, 0.6) is 0 Å². The van der Waals surface area contributed by atoms with Crippen molar-refractivity contribution in [2.75, 3.05) is 17.6 Å². The van der Waals surface area contributed by atoms with Gasteiger partial charge in [0, 0.05) is 12.7 Å². The molecule has 6 heteroatoms. The number of halogens is 1. The molecule has 0 amide bonds. The van der Waals surface area contributed by atoms with E-state index in [-0.39, 0.29) is 5.75 Å². The molecule has 0 saturated heterocycles. The van der Waals surface area contributed by atoms with E-state index in [1.54, 1.807) is 42.5 Å². The molecule has 0 atom stereocenters.